The smallest absolute Gasteiger partial charge is 0.244 e. The van der Waals surface area contributed by atoms with E-state index >= 15 is 0 Å². The van der Waals surface area contributed by atoms with E-state index in [-0.39, 0.29) is 18.9 Å². The summed E-state index contributed by atoms with van der Waals surface area (Å²) in [5.41, 5.74) is 2.33. The SMILES string of the molecule is CCc1ccccc1N(CC(=O)N(Cc1cccc(OC)c1)[C@@H](Cc1ccccc1)C(=O)NC(C)(C)C)S(C)(=O)=O. The molecule has 3 aromatic rings. The predicted molar refractivity (Wildman–Crippen MR) is 163 cm³/mol. The summed E-state index contributed by atoms with van der Waals surface area (Å²) in [5, 5.41) is 3.03. The summed E-state index contributed by atoms with van der Waals surface area (Å²) in [5.74, 6) is -0.199. The number of rotatable bonds is 12. The van der Waals surface area contributed by atoms with Crippen molar-refractivity contribution in [3.05, 3.63) is 95.6 Å². The fraction of sp³-hybridized carbons (Fsp3) is 0.375. The van der Waals surface area contributed by atoms with Gasteiger partial charge >= 0.3 is 0 Å². The van der Waals surface area contributed by atoms with Crippen molar-refractivity contribution >= 4 is 27.5 Å². The van der Waals surface area contributed by atoms with Crippen LogP contribution in [0.25, 0.3) is 0 Å². The van der Waals surface area contributed by atoms with E-state index in [1.54, 1.807) is 25.3 Å². The molecule has 0 heterocycles. The topological polar surface area (TPSA) is 96.0 Å². The van der Waals surface area contributed by atoms with E-state index < -0.39 is 34.1 Å². The van der Waals surface area contributed by atoms with E-state index in [4.69, 9.17) is 4.74 Å². The third-order valence-electron chi connectivity index (χ3n) is 6.58. The second-order valence-electron chi connectivity index (χ2n) is 11.1. The molecule has 41 heavy (non-hydrogen) atoms. The van der Waals surface area contributed by atoms with E-state index in [9.17, 15) is 18.0 Å². The summed E-state index contributed by atoms with van der Waals surface area (Å²) >= 11 is 0. The van der Waals surface area contributed by atoms with Gasteiger partial charge in [-0.2, -0.15) is 0 Å². The number of para-hydroxylation sites is 1. The Bertz CT molecular complexity index is 1430. The van der Waals surface area contributed by atoms with Gasteiger partial charge in [0.25, 0.3) is 0 Å². The quantitative estimate of drug-likeness (QED) is 0.339. The van der Waals surface area contributed by atoms with Gasteiger partial charge in [0.1, 0.15) is 18.3 Å². The number of carbonyl (C=O) groups excluding carboxylic acids is 2. The first-order valence-electron chi connectivity index (χ1n) is 13.7. The molecule has 8 nitrogen and oxygen atoms in total. The standard InChI is InChI=1S/C32H41N3O5S/c1-7-26-17-11-12-19-28(26)35(41(6,38)39)23-30(36)34(22-25-16-13-18-27(20-25)40-5)29(31(37)33-32(2,3)4)21-24-14-9-8-10-15-24/h8-20,29H,7,21-23H2,1-6H3,(H,33,37)/t29-/m0/s1. The average Bonchev–Trinajstić information content (AvgIpc) is 2.92. The maximum Gasteiger partial charge on any atom is 0.244 e. The zero-order valence-corrected chi connectivity index (χ0v) is 25.6. The molecule has 220 valence electrons. The number of hydrogen-bond donors (Lipinski definition) is 1. The molecule has 3 aromatic carbocycles. The minimum atomic E-state index is -3.83. The van der Waals surface area contributed by atoms with Crippen LogP contribution in [0.3, 0.4) is 0 Å². The third-order valence-corrected chi connectivity index (χ3v) is 7.70. The summed E-state index contributed by atoms with van der Waals surface area (Å²) in [6.45, 7) is 7.21. The van der Waals surface area contributed by atoms with E-state index in [2.05, 4.69) is 5.32 Å². The summed E-state index contributed by atoms with van der Waals surface area (Å²) in [6.07, 6.45) is 1.93. The van der Waals surface area contributed by atoms with Crippen LogP contribution in [0.4, 0.5) is 5.69 Å². The van der Waals surface area contributed by atoms with Crippen molar-refractivity contribution in [3.8, 4) is 5.75 Å². The van der Waals surface area contributed by atoms with Crippen LogP contribution in [0.1, 0.15) is 44.4 Å². The Labute approximate surface area is 244 Å². The minimum absolute atomic E-state index is 0.0815. The number of ether oxygens (including phenoxy) is 1. The molecule has 1 atom stereocenters. The van der Waals surface area contributed by atoms with Gasteiger partial charge in [-0.05, 0) is 62.1 Å². The number of benzene rings is 3. The number of hydrogen-bond acceptors (Lipinski definition) is 5. The maximum atomic E-state index is 14.2. The summed E-state index contributed by atoms with van der Waals surface area (Å²) in [4.78, 5) is 29.5. The van der Waals surface area contributed by atoms with Crippen LogP contribution in [-0.4, -0.2) is 56.6 Å². The van der Waals surface area contributed by atoms with Crippen LogP contribution in [0.15, 0.2) is 78.9 Å². The molecule has 0 bridgehead atoms. The lowest BCUT2D eigenvalue weighted by Crippen LogP contribution is -2.56. The molecule has 0 spiro atoms. The van der Waals surface area contributed by atoms with Gasteiger partial charge in [-0.3, -0.25) is 13.9 Å². The van der Waals surface area contributed by atoms with Crippen molar-refractivity contribution in [1.29, 1.82) is 0 Å². The Morgan fingerprint density at radius 3 is 2.17 bits per heavy atom. The molecule has 0 aliphatic carbocycles. The molecule has 2 amide bonds. The highest BCUT2D eigenvalue weighted by atomic mass is 32.2. The Balaban J connectivity index is 2.11. The van der Waals surface area contributed by atoms with Gasteiger partial charge in [-0.15, -0.1) is 0 Å². The molecular formula is C32H41N3O5S. The second kappa shape index (κ2) is 13.7. The Kier molecular flexibility index (Phi) is 10.6. The van der Waals surface area contributed by atoms with E-state index in [1.165, 1.54) is 4.90 Å². The number of carbonyl (C=O) groups is 2. The molecular weight excluding hydrogens is 538 g/mol. The van der Waals surface area contributed by atoms with Crippen LogP contribution < -0.4 is 14.4 Å². The van der Waals surface area contributed by atoms with E-state index in [0.717, 1.165) is 27.3 Å². The molecule has 0 aromatic heterocycles. The first kappa shape index (κ1) is 31.7. The van der Waals surface area contributed by atoms with Crippen LogP contribution in [-0.2, 0) is 39.0 Å². The highest BCUT2D eigenvalue weighted by Gasteiger charge is 2.34. The molecule has 0 aliphatic heterocycles. The van der Waals surface area contributed by atoms with Gasteiger partial charge in [0, 0.05) is 18.5 Å². The number of anilines is 1. The number of nitrogens with one attached hydrogen (secondary N) is 1. The Morgan fingerprint density at radius 2 is 1.56 bits per heavy atom. The molecule has 3 rings (SSSR count). The largest absolute Gasteiger partial charge is 0.497 e. The van der Waals surface area contributed by atoms with Crippen molar-refractivity contribution < 1.29 is 22.7 Å². The summed E-state index contributed by atoms with van der Waals surface area (Å²) in [7, 11) is -2.27. The van der Waals surface area contributed by atoms with E-state index in [1.807, 2.05) is 88.4 Å². The highest BCUT2D eigenvalue weighted by molar-refractivity contribution is 7.92. The van der Waals surface area contributed by atoms with Gasteiger partial charge in [0.2, 0.25) is 21.8 Å². The monoisotopic (exact) mass is 579 g/mol. The highest BCUT2D eigenvalue weighted by Crippen LogP contribution is 2.25. The van der Waals surface area contributed by atoms with Gasteiger partial charge in [0.05, 0.1) is 19.1 Å². The molecule has 1 N–H and O–H groups in total. The molecule has 0 fully saturated rings. The molecule has 0 unspecified atom stereocenters. The average molecular weight is 580 g/mol. The number of nitrogens with zero attached hydrogens (tertiary/aromatic N) is 2. The first-order chi connectivity index (χ1) is 19.3. The molecule has 0 saturated carbocycles. The normalized spacial score (nSPS) is 12.3. The Morgan fingerprint density at radius 1 is 0.927 bits per heavy atom. The fourth-order valence-electron chi connectivity index (χ4n) is 4.62. The van der Waals surface area contributed by atoms with Gasteiger partial charge in [-0.1, -0.05) is 67.6 Å². The zero-order chi connectivity index (χ0) is 30.2. The maximum absolute atomic E-state index is 14.2. The zero-order valence-electron chi connectivity index (χ0n) is 24.8. The lowest BCUT2D eigenvalue weighted by Gasteiger charge is -2.35. The summed E-state index contributed by atoms with van der Waals surface area (Å²) < 4.78 is 32.6. The lowest BCUT2D eigenvalue weighted by molar-refractivity contribution is -0.140. The van der Waals surface area contributed by atoms with Gasteiger partial charge < -0.3 is 15.0 Å². The number of amides is 2. The van der Waals surface area contributed by atoms with Crippen LogP contribution >= 0.6 is 0 Å². The van der Waals surface area contributed by atoms with Crippen molar-refractivity contribution in [1.82, 2.24) is 10.2 Å². The van der Waals surface area contributed by atoms with Crippen LogP contribution in [0.5, 0.6) is 5.75 Å². The van der Waals surface area contributed by atoms with Crippen molar-refractivity contribution in [2.24, 2.45) is 0 Å². The fourth-order valence-corrected chi connectivity index (χ4v) is 5.50. The molecule has 9 heteroatoms. The molecule has 0 saturated heterocycles. The number of methoxy groups -OCH3 is 1. The number of aryl methyl sites for hydroxylation is 1. The van der Waals surface area contributed by atoms with Gasteiger partial charge in [-0.25, -0.2) is 8.42 Å². The molecule has 0 radical (unpaired) electrons. The third kappa shape index (κ3) is 9.08. The van der Waals surface area contributed by atoms with E-state index in [0.29, 0.717) is 17.9 Å². The van der Waals surface area contributed by atoms with Crippen LogP contribution in [0, 0.1) is 0 Å². The predicted octanol–water partition coefficient (Wildman–Crippen LogP) is 4.58. The van der Waals surface area contributed by atoms with Gasteiger partial charge in [0.15, 0.2) is 0 Å². The van der Waals surface area contributed by atoms with Crippen molar-refractivity contribution in [2.75, 3.05) is 24.2 Å². The second-order valence-corrected chi connectivity index (χ2v) is 13.0. The first-order valence-corrected chi connectivity index (χ1v) is 15.5. The lowest BCUT2D eigenvalue weighted by atomic mass is 10.0. The minimum Gasteiger partial charge on any atom is -0.497 e. The van der Waals surface area contributed by atoms with Crippen molar-refractivity contribution in [3.63, 3.8) is 0 Å². The Hall–Kier alpha value is -3.85. The van der Waals surface area contributed by atoms with Crippen molar-refractivity contribution in [2.45, 2.75) is 58.7 Å². The van der Waals surface area contributed by atoms with Crippen LogP contribution in [0.2, 0.25) is 0 Å². The summed E-state index contributed by atoms with van der Waals surface area (Å²) in [6, 6.07) is 23.0. The molecule has 0 aliphatic rings. The number of sulfonamides is 1.